The van der Waals surface area contributed by atoms with Gasteiger partial charge in [-0.2, -0.15) is 0 Å². The summed E-state index contributed by atoms with van der Waals surface area (Å²) >= 11 is 0. The Hall–Kier alpha value is -4.78. The average molecular weight is 541 g/mol. The molecule has 0 aliphatic carbocycles. The lowest BCUT2D eigenvalue weighted by atomic mass is 9.92. The zero-order valence-electron chi connectivity index (χ0n) is 24.2. The second-order valence-corrected chi connectivity index (χ2v) is 8.23. The van der Waals surface area contributed by atoms with Crippen LogP contribution in [-0.2, 0) is 9.53 Å². The van der Waals surface area contributed by atoms with Crippen molar-refractivity contribution in [1.29, 1.82) is 0 Å². The number of aryl methyl sites for hydroxylation is 1. The van der Waals surface area contributed by atoms with E-state index in [-0.39, 0.29) is 6.61 Å². The van der Waals surface area contributed by atoms with Crippen LogP contribution in [0.4, 0.5) is 5.82 Å². The van der Waals surface area contributed by atoms with Gasteiger partial charge in [-0.05, 0) is 44.1 Å². The summed E-state index contributed by atoms with van der Waals surface area (Å²) in [4.78, 5) is 32.9. The van der Waals surface area contributed by atoms with E-state index in [1.807, 2.05) is 87.2 Å². The predicted octanol–water partition coefficient (Wildman–Crippen LogP) is 6.40. The number of aromatic nitrogens is 1. The largest absolute Gasteiger partial charge is 0.462 e. The third-order valence-electron chi connectivity index (χ3n) is 5.75. The first-order valence-electron chi connectivity index (χ1n) is 12.8. The highest BCUT2D eigenvalue weighted by atomic mass is 16.5. The third-order valence-corrected chi connectivity index (χ3v) is 5.75. The molecule has 2 aromatic rings. The van der Waals surface area contributed by atoms with Gasteiger partial charge in [0.15, 0.2) is 0 Å². The Morgan fingerprint density at radius 1 is 1.10 bits per heavy atom. The zero-order chi connectivity index (χ0) is 30.1. The second kappa shape index (κ2) is 17.7. The van der Waals surface area contributed by atoms with Crippen molar-refractivity contribution in [3.05, 3.63) is 121 Å². The molecule has 0 aliphatic heterocycles. The number of nitrogens with one attached hydrogen (secondary N) is 1. The average Bonchev–Trinajstić information content (AvgIpc) is 2.97. The van der Waals surface area contributed by atoms with E-state index in [2.05, 4.69) is 30.0 Å². The maximum absolute atomic E-state index is 13.3. The summed E-state index contributed by atoms with van der Waals surface area (Å²) in [6.07, 6.45) is 12.9. The van der Waals surface area contributed by atoms with Crippen LogP contribution < -0.4 is 10.2 Å². The molecule has 2 rings (SSSR count). The van der Waals surface area contributed by atoms with Crippen LogP contribution in [-0.4, -0.2) is 50.8 Å². The number of esters is 1. The van der Waals surface area contributed by atoms with Gasteiger partial charge in [-0.25, -0.2) is 9.78 Å². The summed E-state index contributed by atoms with van der Waals surface area (Å²) in [7, 11) is 3.64. The van der Waals surface area contributed by atoms with E-state index in [4.69, 9.17) is 14.5 Å². The van der Waals surface area contributed by atoms with Crippen LogP contribution in [0.25, 0.3) is 11.1 Å². The van der Waals surface area contributed by atoms with Gasteiger partial charge in [0.25, 0.3) is 0 Å². The van der Waals surface area contributed by atoms with E-state index in [1.165, 1.54) is 0 Å². The summed E-state index contributed by atoms with van der Waals surface area (Å²) in [6, 6.07) is 9.76. The quantitative estimate of drug-likeness (QED) is 0.145. The van der Waals surface area contributed by atoms with Crippen LogP contribution in [0.15, 0.2) is 109 Å². The number of benzene rings is 1. The molecule has 0 spiro atoms. The number of carbonyl (C=O) groups excluding carboxylic acids is 2. The fourth-order valence-electron chi connectivity index (χ4n) is 4.01. The van der Waals surface area contributed by atoms with Gasteiger partial charge in [0.2, 0.25) is 0 Å². The van der Waals surface area contributed by atoms with Crippen molar-refractivity contribution in [3.8, 4) is 11.1 Å². The predicted molar refractivity (Wildman–Crippen MR) is 168 cm³/mol. The molecular formula is C33H40N4O3. The normalized spacial score (nSPS) is 11.8. The second-order valence-electron chi connectivity index (χ2n) is 8.23. The molecule has 0 radical (unpaired) electrons. The van der Waals surface area contributed by atoms with Gasteiger partial charge in [0.1, 0.15) is 18.4 Å². The third kappa shape index (κ3) is 8.36. The molecule has 1 aromatic heterocycles. The van der Waals surface area contributed by atoms with Crippen molar-refractivity contribution in [2.45, 2.75) is 20.8 Å². The number of likely N-dealkylation sites (N-methyl/N-ethyl adjacent to an activating group) is 1. The highest BCUT2D eigenvalue weighted by molar-refractivity contribution is 6.13. The highest BCUT2D eigenvalue weighted by Crippen LogP contribution is 2.36. The molecule has 40 heavy (non-hydrogen) atoms. The van der Waals surface area contributed by atoms with Crippen molar-refractivity contribution in [3.63, 3.8) is 0 Å². The first-order valence-corrected chi connectivity index (χ1v) is 12.8. The molecule has 0 bridgehead atoms. The molecular weight excluding hydrogens is 500 g/mol. The maximum Gasteiger partial charge on any atom is 0.340 e. The lowest BCUT2D eigenvalue weighted by Crippen LogP contribution is -2.31. The molecule has 1 heterocycles. The zero-order valence-corrected chi connectivity index (χ0v) is 24.2. The fourth-order valence-corrected chi connectivity index (χ4v) is 4.01. The lowest BCUT2D eigenvalue weighted by molar-refractivity contribution is -0.0980. The molecule has 0 fully saturated rings. The molecule has 0 amide bonds. The van der Waals surface area contributed by atoms with Crippen molar-refractivity contribution in [2.24, 2.45) is 4.99 Å². The Morgan fingerprint density at radius 2 is 1.75 bits per heavy atom. The van der Waals surface area contributed by atoms with Gasteiger partial charge in [-0.1, -0.05) is 80.4 Å². The van der Waals surface area contributed by atoms with Gasteiger partial charge in [-0.15, -0.1) is 0 Å². The molecule has 7 heteroatoms. The van der Waals surface area contributed by atoms with Crippen LogP contribution in [0.1, 0.15) is 35.5 Å². The topological polar surface area (TPSA) is 83.9 Å². The summed E-state index contributed by atoms with van der Waals surface area (Å²) in [5.74, 6) is 0.761. The molecule has 0 aliphatic rings. The van der Waals surface area contributed by atoms with E-state index in [0.717, 1.165) is 16.8 Å². The van der Waals surface area contributed by atoms with Crippen molar-refractivity contribution in [1.82, 2.24) is 10.3 Å². The number of hydrogen-bond acceptors (Lipinski definition) is 6. The van der Waals surface area contributed by atoms with Crippen molar-refractivity contribution < 1.29 is 14.3 Å². The Morgan fingerprint density at radius 3 is 2.27 bits per heavy atom. The van der Waals surface area contributed by atoms with Crippen LogP contribution in [0, 0.1) is 6.92 Å². The molecule has 0 unspecified atom stereocenters. The number of rotatable bonds is 12. The van der Waals surface area contributed by atoms with Gasteiger partial charge >= 0.3 is 5.97 Å². The summed E-state index contributed by atoms with van der Waals surface area (Å²) in [6.45, 7) is 19.8. The number of ether oxygens (including phenoxy) is 1. The summed E-state index contributed by atoms with van der Waals surface area (Å²) in [5.41, 5.74) is 4.98. The van der Waals surface area contributed by atoms with Crippen molar-refractivity contribution in [2.75, 3.05) is 32.1 Å². The maximum atomic E-state index is 13.3. The molecule has 0 atom stereocenters. The first-order chi connectivity index (χ1) is 19.4. The number of carbonyl (C=O) groups is 2. The number of amidine groups is 1. The van der Waals surface area contributed by atoms with E-state index in [0.29, 0.717) is 40.6 Å². The number of anilines is 1. The monoisotopic (exact) mass is 540 g/mol. The Bertz CT molecular complexity index is 1300. The minimum Gasteiger partial charge on any atom is -0.462 e. The minimum atomic E-state index is -0.434. The number of hydrogen-bond donors (Lipinski definition) is 1. The molecule has 210 valence electrons. The van der Waals surface area contributed by atoms with Crippen molar-refractivity contribution >= 4 is 24.4 Å². The van der Waals surface area contributed by atoms with E-state index in [1.54, 1.807) is 32.2 Å². The number of allylic oxidation sites excluding steroid dienone is 6. The number of nitrogens with zero attached hydrogens (tertiary/aromatic N) is 3. The van der Waals surface area contributed by atoms with Gasteiger partial charge in [0, 0.05) is 31.9 Å². The van der Waals surface area contributed by atoms with Gasteiger partial charge < -0.3 is 19.7 Å². The number of aliphatic imine (C=N–C) groups is 1. The molecule has 1 N–H and O–H groups in total. The van der Waals surface area contributed by atoms with Crippen LogP contribution in [0.5, 0.6) is 0 Å². The summed E-state index contributed by atoms with van der Waals surface area (Å²) < 4.78 is 5.49. The van der Waals surface area contributed by atoms with E-state index in [9.17, 15) is 4.79 Å². The fraction of sp³-hybridized carbons (Fsp3) is 0.212. The van der Waals surface area contributed by atoms with Crippen LogP contribution in [0.3, 0.4) is 0 Å². The minimum absolute atomic E-state index is 0.249. The van der Waals surface area contributed by atoms with E-state index >= 15 is 0 Å². The smallest absolute Gasteiger partial charge is 0.340 e. The van der Waals surface area contributed by atoms with E-state index < -0.39 is 5.97 Å². The number of pyridine rings is 1. The molecule has 0 saturated carbocycles. The Balaban J connectivity index is 0.00000391. The summed E-state index contributed by atoms with van der Waals surface area (Å²) in [5, 5.41) is 3.43. The van der Waals surface area contributed by atoms with Crippen LogP contribution in [0.2, 0.25) is 0 Å². The highest BCUT2D eigenvalue weighted by Gasteiger charge is 2.29. The standard InChI is InChI=1S/C32H38N4O2.CH2O/c1-9-17-24(12-4)22-34-30(33-7)29-28(25-20-15-14-16-21-25)27(32(37)38-13-5)23(6)35-31(29)36(8)26(18-10-2)19-11-3;1-2/h9-12,14-21H,1-2,4,13,22H2,3,5-8H3,(H,33,34);1H2/b19-11-,24-17+,26-18+;. The van der Waals surface area contributed by atoms with Gasteiger partial charge in [-0.3, -0.25) is 4.99 Å². The molecule has 1 aromatic carbocycles. The molecule has 7 nitrogen and oxygen atoms in total. The SMILES string of the molecule is C=C/C=C(\C=C)CNC(=NC)c1c(N(C)C(/C=C\C)=C/C=C)nc(C)c(C(=O)OCC)c1-c1ccccc1.C=O. The molecule has 0 saturated heterocycles. The Kier molecular flexibility index (Phi) is 14.7. The van der Waals surface area contributed by atoms with Gasteiger partial charge in [0.05, 0.1) is 23.4 Å². The lowest BCUT2D eigenvalue weighted by Gasteiger charge is -2.27. The Labute approximate surface area is 238 Å². The van der Waals surface area contributed by atoms with Crippen LogP contribution >= 0.6 is 0 Å². The first kappa shape index (κ1) is 33.2.